The number of aromatic nitrogens is 5. The predicted octanol–water partition coefficient (Wildman–Crippen LogP) is 6.44. The zero-order valence-corrected chi connectivity index (χ0v) is 28.6. The van der Waals surface area contributed by atoms with Gasteiger partial charge >= 0.3 is 0 Å². The molecule has 4 aromatic carbocycles. The summed E-state index contributed by atoms with van der Waals surface area (Å²) in [7, 11) is 0. The Labute approximate surface area is 299 Å². The van der Waals surface area contributed by atoms with Gasteiger partial charge in [0.25, 0.3) is 5.91 Å². The number of tetrazole rings is 1. The van der Waals surface area contributed by atoms with E-state index in [0.29, 0.717) is 23.0 Å². The fraction of sp³-hybridized carbons (Fsp3) is 0.205. The quantitative estimate of drug-likeness (QED) is 0.129. The van der Waals surface area contributed by atoms with Crippen LogP contribution in [0.3, 0.4) is 0 Å². The van der Waals surface area contributed by atoms with Gasteiger partial charge in [0.2, 0.25) is 5.16 Å². The Morgan fingerprint density at radius 1 is 0.902 bits per heavy atom. The van der Waals surface area contributed by atoms with Crippen LogP contribution in [0.4, 0.5) is 0 Å². The minimum atomic E-state index is -0.648. The molecule has 1 saturated heterocycles. The maximum Gasteiger partial charge on any atom is 0.253 e. The van der Waals surface area contributed by atoms with E-state index >= 15 is 0 Å². The molecule has 0 aliphatic carbocycles. The smallest absolute Gasteiger partial charge is 0.253 e. The first-order valence-corrected chi connectivity index (χ1v) is 17.5. The number of thioether (sulfide) groups is 1. The fourth-order valence-electron chi connectivity index (χ4n) is 6.04. The summed E-state index contributed by atoms with van der Waals surface area (Å²) < 4.78 is 15.0. The van der Waals surface area contributed by atoms with Crippen molar-refractivity contribution in [2.45, 2.75) is 43.7 Å². The first kappa shape index (κ1) is 34.1. The standard InChI is InChI=1S/C39H36N6O5S/c1-25-35(24-51-39-42-43-44-45(39)32-16-18-33(47)19-17-32)49-38(50-36(25)28-10-8-26(23-46)9-11-28)29-14-12-27(13-15-29)34-7-3-2-5-30(34)22-41-37(48)31-6-4-20-40-21-31/h2-21,25,35-36,38,46-47H,22-24H2,1H3,(H,41,48). The van der Waals surface area contributed by atoms with Crippen LogP contribution in [-0.4, -0.2) is 53.2 Å². The number of aliphatic hydroxyl groups is 1. The molecule has 1 amide bonds. The number of amides is 1. The molecule has 0 spiro atoms. The topological polar surface area (TPSA) is 145 Å². The Bertz CT molecular complexity index is 2060. The molecule has 1 fully saturated rings. The molecule has 3 N–H and O–H groups in total. The number of rotatable bonds is 11. The van der Waals surface area contributed by atoms with E-state index in [0.717, 1.165) is 39.1 Å². The highest BCUT2D eigenvalue weighted by Crippen LogP contribution is 2.43. The summed E-state index contributed by atoms with van der Waals surface area (Å²) >= 11 is 1.49. The van der Waals surface area contributed by atoms with Crippen molar-refractivity contribution in [2.75, 3.05) is 5.75 Å². The van der Waals surface area contributed by atoms with Gasteiger partial charge in [0.1, 0.15) is 5.75 Å². The molecule has 12 heteroatoms. The lowest BCUT2D eigenvalue weighted by molar-refractivity contribution is -0.268. The minimum Gasteiger partial charge on any atom is -0.508 e. The number of phenolic OH excluding ortho intramolecular Hbond substituents is 1. The van der Waals surface area contributed by atoms with Gasteiger partial charge in [-0.3, -0.25) is 9.78 Å². The van der Waals surface area contributed by atoms with Gasteiger partial charge in [0.15, 0.2) is 6.29 Å². The molecule has 3 heterocycles. The van der Waals surface area contributed by atoms with E-state index in [1.54, 1.807) is 53.5 Å². The number of phenols is 1. The van der Waals surface area contributed by atoms with Crippen LogP contribution in [0.5, 0.6) is 5.75 Å². The lowest BCUT2D eigenvalue weighted by Gasteiger charge is -2.41. The second kappa shape index (κ2) is 15.7. The normalized spacial score (nSPS) is 18.7. The average molecular weight is 701 g/mol. The number of hydrogen-bond donors (Lipinski definition) is 3. The van der Waals surface area contributed by atoms with Crippen LogP contribution in [0.25, 0.3) is 16.8 Å². The molecule has 1 aliphatic heterocycles. The van der Waals surface area contributed by atoms with E-state index in [-0.39, 0.29) is 36.4 Å². The van der Waals surface area contributed by atoms with Crippen molar-refractivity contribution in [3.05, 3.63) is 149 Å². The summed E-state index contributed by atoms with van der Waals surface area (Å²) in [5.41, 5.74) is 6.94. The van der Waals surface area contributed by atoms with Gasteiger partial charge in [-0.1, -0.05) is 91.5 Å². The second-order valence-corrected chi connectivity index (χ2v) is 13.2. The van der Waals surface area contributed by atoms with Crippen LogP contribution in [0.1, 0.15) is 51.9 Å². The highest BCUT2D eigenvalue weighted by atomic mass is 32.2. The van der Waals surface area contributed by atoms with Crippen molar-refractivity contribution in [1.82, 2.24) is 30.5 Å². The molecule has 0 bridgehead atoms. The number of aromatic hydroxyl groups is 1. The lowest BCUT2D eigenvalue weighted by atomic mass is 9.91. The third-order valence-electron chi connectivity index (χ3n) is 8.91. The van der Waals surface area contributed by atoms with Crippen molar-refractivity contribution >= 4 is 17.7 Å². The molecule has 0 saturated carbocycles. The van der Waals surface area contributed by atoms with Crippen molar-refractivity contribution in [3.63, 3.8) is 0 Å². The summed E-state index contributed by atoms with van der Waals surface area (Å²) in [5.74, 6) is 0.511. The van der Waals surface area contributed by atoms with Gasteiger partial charge < -0.3 is 25.0 Å². The van der Waals surface area contributed by atoms with Gasteiger partial charge in [0.05, 0.1) is 30.1 Å². The molecular weight excluding hydrogens is 665 g/mol. The zero-order valence-electron chi connectivity index (χ0n) is 27.7. The van der Waals surface area contributed by atoms with Crippen molar-refractivity contribution < 1.29 is 24.5 Å². The van der Waals surface area contributed by atoms with Crippen LogP contribution >= 0.6 is 11.8 Å². The number of nitrogens with zero attached hydrogens (tertiary/aromatic N) is 5. The number of benzene rings is 4. The van der Waals surface area contributed by atoms with Crippen LogP contribution in [0.15, 0.2) is 127 Å². The SMILES string of the molecule is CC1C(CSc2nnnn2-c2ccc(O)cc2)OC(c2ccc(-c3ccccc3CNC(=O)c3cccnc3)cc2)OC1c1ccc(CO)cc1. The Hall–Kier alpha value is -5.40. The number of nitrogens with one attached hydrogen (secondary N) is 1. The van der Waals surface area contributed by atoms with Gasteiger partial charge in [0, 0.05) is 36.2 Å². The predicted molar refractivity (Wildman–Crippen MR) is 192 cm³/mol. The summed E-state index contributed by atoms with van der Waals surface area (Å²) in [5, 5.41) is 35.2. The van der Waals surface area contributed by atoms with Crippen LogP contribution < -0.4 is 5.32 Å². The maximum atomic E-state index is 12.7. The van der Waals surface area contributed by atoms with Crippen molar-refractivity contribution in [1.29, 1.82) is 0 Å². The average Bonchev–Trinajstić information content (AvgIpc) is 3.66. The second-order valence-electron chi connectivity index (χ2n) is 12.2. The number of hydrogen-bond acceptors (Lipinski definition) is 10. The Kier molecular flexibility index (Phi) is 10.5. The molecule has 51 heavy (non-hydrogen) atoms. The molecular formula is C39H36N6O5S. The Balaban J connectivity index is 1.11. The number of ether oxygens (including phenoxy) is 2. The van der Waals surface area contributed by atoms with Gasteiger partial charge in [-0.15, -0.1) is 5.10 Å². The van der Waals surface area contributed by atoms with Gasteiger partial charge in [-0.2, -0.15) is 4.68 Å². The molecule has 11 nitrogen and oxygen atoms in total. The highest BCUT2D eigenvalue weighted by molar-refractivity contribution is 7.99. The summed E-state index contributed by atoms with van der Waals surface area (Å²) in [6.07, 6.45) is 2.03. The van der Waals surface area contributed by atoms with E-state index in [4.69, 9.17) is 9.47 Å². The van der Waals surface area contributed by atoms with Crippen molar-refractivity contribution in [2.24, 2.45) is 5.92 Å². The summed E-state index contributed by atoms with van der Waals surface area (Å²) in [6, 6.07) is 34.1. The number of carbonyl (C=O) groups excluding carboxylic acids is 1. The Morgan fingerprint density at radius 2 is 1.67 bits per heavy atom. The molecule has 4 atom stereocenters. The molecule has 0 radical (unpaired) electrons. The molecule has 258 valence electrons. The molecule has 4 unspecified atom stereocenters. The highest BCUT2D eigenvalue weighted by Gasteiger charge is 2.38. The summed E-state index contributed by atoms with van der Waals surface area (Å²) in [6.45, 7) is 2.45. The van der Waals surface area contributed by atoms with Crippen LogP contribution in [0.2, 0.25) is 0 Å². The van der Waals surface area contributed by atoms with Crippen molar-refractivity contribution in [3.8, 4) is 22.6 Å². The third-order valence-corrected chi connectivity index (χ3v) is 9.92. The van der Waals surface area contributed by atoms with Gasteiger partial charge in [-0.05, 0) is 74.6 Å². The van der Waals surface area contributed by atoms with Gasteiger partial charge in [-0.25, -0.2) is 0 Å². The molecule has 2 aromatic heterocycles. The maximum absolute atomic E-state index is 12.7. The van der Waals surface area contributed by atoms with Crippen LogP contribution in [0, 0.1) is 5.92 Å². The minimum absolute atomic E-state index is 0.0280. The monoisotopic (exact) mass is 700 g/mol. The van der Waals surface area contributed by atoms with E-state index in [9.17, 15) is 15.0 Å². The number of aliphatic hydroxyl groups excluding tert-OH is 1. The molecule has 6 aromatic rings. The number of carbonyl (C=O) groups is 1. The number of pyridine rings is 1. The summed E-state index contributed by atoms with van der Waals surface area (Å²) in [4.78, 5) is 16.7. The fourth-order valence-corrected chi connectivity index (χ4v) is 7.10. The van der Waals surface area contributed by atoms with E-state index in [2.05, 4.69) is 32.7 Å². The molecule has 7 rings (SSSR count). The third kappa shape index (κ3) is 7.84. The first-order chi connectivity index (χ1) is 25.0. The Morgan fingerprint density at radius 3 is 2.41 bits per heavy atom. The van der Waals surface area contributed by atoms with E-state index in [1.807, 2.05) is 72.8 Å². The van der Waals surface area contributed by atoms with Crippen LogP contribution in [-0.2, 0) is 22.6 Å². The van der Waals surface area contributed by atoms with E-state index < -0.39 is 6.29 Å². The molecule has 1 aliphatic rings. The first-order valence-electron chi connectivity index (χ1n) is 16.5. The largest absolute Gasteiger partial charge is 0.508 e. The lowest BCUT2D eigenvalue weighted by Crippen LogP contribution is -2.38. The zero-order chi connectivity index (χ0) is 35.2. The van der Waals surface area contributed by atoms with E-state index in [1.165, 1.54) is 11.8 Å².